The Morgan fingerprint density at radius 1 is 1.25 bits per heavy atom. The number of rotatable bonds is 3. The molecule has 0 atom stereocenters. The van der Waals surface area contributed by atoms with Crippen LogP contribution >= 0.6 is 0 Å². The van der Waals surface area contributed by atoms with Crippen molar-refractivity contribution in [2.24, 2.45) is 0 Å². The molecule has 0 aliphatic rings. The normalized spacial score (nSPS) is 10.8. The molecule has 0 fully saturated rings. The Hall–Kier alpha value is -2.11. The van der Waals surface area contributed by atoms with Crippen LogP contribution in [0.4, 0.5) is 13.2 Å². The fraction of sp³-hybridized carbons (Fsp3) is 0.286. The van der Waals surface area contributed by atoms with E-state index in [9.17, 15) is 18.0 Å². The molecule has 1 heterocycles. The lowest BCUT2D eigenvalue weighted by Crippen LogP contribution is -2.04. The number of ether oxygens (including phenoxy) is 1. The van der Waals surface area contributed by atoms with Crippen molar-refractivity contribution in [1.29, 1.82) is 0 Å². The van der Waals surface area contributed by atoms with Gasteiger partial charge in [-0.25, -0.2) is 18.2 Å². The van der Waals surface area contributed by atoms with Crippen molar-refractivity contribution < 1.29 is 22.7 Å². The van der Waals surface area contributed by atoms with Gasteiger partial charge in [0.1, 0.15) is 5.52 Å². The minimum atomic E-state index is -1.55. The van der Waals surface area contributed by atoms with E-state index in [0.29, 0.717) is 11.3 Å². The lowest BCUT2D eigenvalue weighted by Gasteiger charge is -2.09. The number of hydrogen-bond donors (Lipinski definition) is 0. The smallest absolute Gasteiger partial charge is 0.305 e. The van der Waals surface area contributed by atoms with Crippen molar-refractivity contribution in [3.63, 3.8) is 0 Å². The van der Waals surface area contributed by atoms with Crippen LogP contribution in [0.25, 0.3) is 10.9 Å². The highest BCUT2D eigenvalue weighted by atomic mass is 19.2. The SMILES string of the molecule is COC(=O)CCc1cc(C)nc2c(F)c(F)c(F)cc12. The summed E-state index contributed by atoms with van der Waals surface area (Å²) in [6, 6.07) is 2.51. The third-order valence-electron chi connectivity index (χ3n) is 2.98. The van der Waals surface area contributed by atoms with E-state index in [4.69, 9.17) is 0 Å². The van der Waals surface area contributed by atoms with Crippen molar-refractivity contribution in [2.45, 2.75) is 19.8 Å². The first-order valence-corrected chi connectivity index (χ1v) is 5.94. The second-order valence-electron chi connectivity index (χ2n) is 4.38. The van der Waals surface area contributed by atoms with Crippen LogP contribution < -0.4 is 0 Å². The Morgan fingerprint density at radius 2 is 1.95 bits per heavy atom. The van der Waals surface area contributed by atoms with Gasteiger partial charge in [0.2, 0.25) is 0 Å². The Balaban J connectivity index is 2.56. The molecular weight excluding hydrogens is 271 g/mol. The van der Waals surface area contributed by atoms with Gasteiger partial charge < -0.3 is 4.74 Å². The molecular formula is C14H12F3NO2. The maximum Gasteiger partial charge on any atom is 0.305 e. The highest BCUT2D eigenvalue weighted by Crippen LogP contribution is 2.26. The molecule has 0 N–H and O–H groups in total. The predicted octanol–water partition coefficient (Wildman–Crippen LogP) is 3.07. The molecule has 1 aromatic carbocycles. The number of nitrogens with zero attached hydrogens (tertiary/aromatic N) is 1. The van der Waals surface area contributed by atoms with Crippen LogP contribution in [0.15, 0.2) is 12.1 Å². The van der Waals surface area contributed by atoms with Gasteiger partial charge in [0.15, 0.2) is 17.5 Å². The Morgan fingerprint density at radius 3 is 2.60 bits per heavy atom. The first-order chi connectivity index (χ1) is 9.43. The van der Waals surface area contributed by atoms with Gasteiger partial charge in [-0.2, -0.15) is 0 Å². The van der Waals surface area contributed by atoms with Gasteiger partial charge in [0.05, 0.1) is 7.11 Å². The number of fused-ring (bicyclic) bond motifs is 1. The molecule has 0 saturated carbocycles. The van der Waals surface area contributed by atoms with Crippen molar-refractivity contribution >= 4 is 16.9 Å². The summed E-state index contributed by atoms with van der Waals surface area (Å²) in [6.45, 7) is 1.61. The molecule has 3 nitrogen and oxygen atoms in total. The fourth-order valence-electron chi connectivity index (χ4n) is 2.02. The molecule has 0 amide bonds. The summed E-state index contributed by atoms with van der Waals surface area (Å²) >= 11 is 0. The van der Waals surface area contributed by atoms with Gasteiger partial charge in [-0.3, -0.25) is 4.79 Å². The molecule has 0 bridgehead atoms. The number of esters is 1. The molecule has 0 aliphatic carbocycles. The van der Waals surface area contributed by atoms with Crippen LogP contribution in [0.3, 0.4) is 0 Å². The molecule has 2 aromatic rings. The molecule has 1 aromatic heterocycles. The number of carbonyl (C=O) groups is 1. The minimum Gasteiger partial charge on any atom is -0.469 e. The number of pyridine rings is 1. The van der Waals surface area contributed by atoms with Gasteiger partial charge in [-0.15, -0.1) is 0 Å². The first-order valence-electron chi connectivity index (χ1n) is 5.94. The van der Waals surface area contributed by atoms with Crippen LogP contribution in [0.5, 0.6) is 0 Å². The minimum absolute atomic E-state index is 0.0651. The zero-order chi connectivity index (χ0) is 14.9. The van der Waals surface area contributed by atoms with E-state index >= 15 is 0 Å². The van der Waals surface area contributed by atoms with Crippen LogP contribution in [0.1, 0.15) is 17.7 Å². The van der Waals surface area contributed by atoms with E-state index in [1.807, 2.05) is 0 Å². The predicted molar refractivity (Wildman–Crippen MR) is 66.7 cm³/mol. The van der Waals surface area contributed by atoms with E-state index in [1.165, 1.54) is 7.11 Å². The standard InChI is InChI=1S/C14H12F3NO2/c1-7-5-8(3-4-11(19)20-2)9-6-10(15)12(16)13(17)14(9)18-7/h5-6H,3-4H2,1-2H3. The number of benzene rings is 1. The summed E-state index contributed by atoms with van der Waals surface area (Å²) in [7, 11) is 1.26. The zero-order valence-corrected chi connectivity index (χ0v) is 11.0. The third kappa shape index (κ3) is 2.59. The van der Waals surface area contributed by atoms with E-state index in [0.717, 1.165) is 6.07 Å². The summed E-state index contributed by atoms with van der Waals surface area (Å²) in [5, 5.41) is 0.163. The highest BCUT2D eigenvalue weighted by molar-refractivity contribution is 5.84. The third-order valence-corrected chi connectivity index (χ3v) is 2.98. The summed E-state index contributed by atoms with van der Waals surface area (Å²) < 4.78 is 44.8. The summed E-state index contributed by atoms with van der Waals surface area (Å²) in [4.78, 5) is 15.0. The molecule has 0 unspecified atom stereocenters. The van der Waals surface area contributed by atoms with Crippen molar-refractivity contribution in [3.05, 3.63) is 40.8 Å². The molecule has 0 radical (unpaired) electrons. The molecule has 6 heteroatoms. The number of halogens is 3. The summed E-state index contributed by atoms with van der Waals surface area (Å²) in [5.74, 6) is -4.58. The summed E-state index contributed by atoms with van der Waals surface area (Å²) in [5.41, 5.74) is 0.752. The Bertz CT molecular complexity index is 686. The number of hydrogen-bond acceptors (Lipinski definition) is 3. The first kappa shape index (κ1) is 14.3. The van der Waals surface area contributed by atoms with E-state index in [2.05, 4.69) is 9.72 Å². The average molecular weight is 283 g/mol. The highest BCUT2D eigenvalue weighted by Gasteiger charge is 2.17. The second-order valence-corrected chi connectivity index (χ2v) is 4.38. The lowest BCUT2D eigenvalue weighted by molar-refractivity contribution is -0.140. The molecule has 0 spiro atoms. The van der Waals surface area contributed by atoms with Gasteiger partial charge in [-0.05, 0) is 31.0 Å². The lowest BCUT2D eigenvalue weighted by atomic mass is 10.0. The number of methoxy groups -OCH3 is 1. The summed E-state index contributed by atoms with van der Waals surface area (Å²) in [6.07, 6.45) is 0.298. The number of aryl methyl sites for hydroxylation is 2. The molecule has 20 heavy (non-hydrogen) atoms. The number of carbonyl (C=O) groups excluding carboxylic acids is 1. The van der Waals surface area contributed by atoms with E-state index < -0.39 is 23.4 Å². The average Bonchev–Trinajstić information content (AvgIpc) is 2.43. The van der Waals surface area contributed by atoms with Crippen LogP contribution in [0, 0.1) is 24.4 Å². The maximum absolute atomic E-state index is 13.7. The molecule has 0 aliphatic heterocycles. The quantitative estimate of drug-likeness (QED) is 0.642. The second kappa shape index (κ2) is 5.48. The Kier molecular flexibility index (Phi) is 3.92. The van der Waals surface area contributed by atoms with Crippen molar-refractivity contribution in [3.8, 4) is 0 Å². The van der Waals surface area contributed by atoms with E-state index in [1.54, 1.807) is 13.0 Å². The zero-order valence-electron chi connectivity index (χ0n) is 11.0. The van der Waals surface area contributed by atoms with Crippen molar-refractivity contribution in [1.82, 2.24) is 4.98 Å². The van der Waals surface area contributed by atoms with Gasteiger partial charge in [-0.1, -0.05) is 0 Å². The van der Waals surface area contributed by atoms with Gasteiger partial charge in [0, 0.05) is 17.5 Å². The van der Waals surface area contributed by atoms with Gasteiger partial charge >= 0.3 is 5.97 Å². The van der Waals surface area contributed by atoms with E-state index in [-0.39, 0.29) is 23.7 Å². The topological polar surface area (TPSA) is 39.2 Å². The monoisotopic (exact) mass is 283 g/mol. The van der Waals surface area contributed by atoms with Crippen LogP contribution in [-0.2, 0) is 16.0 Å². The number of aromatic nitrogens is 1. The van der Waals surface area contributed by atoms with Crippen LogP contribution in [0.2, 0.25) is 0 Å². The fourth-order valence-corrected chi connectivity index (χ4v) is 2.02. The Labute approximate surface area is 113 Å². The molecule has 0 saturated heterocycles. The largest absolute Gasteiger partial charge is 0.469 e. The molecule has 2 rings (SSSR count). The van der Waals surface area contributed by atoms with Crippen molar-refractivity contribution in [2.75, 3.05) is 7.11 Å². The maximum atomic E-state index is 13.7. The molecule has 106 valence electrons. The van der Waals surface area contributed by atoms with Gasteiger partial charge in [0.25, 0.3) is 0 Å². The van der Waals surface area contributed by atoms with Crippen LogP contribution in [-0.4, -0.2) is 18.1 Å².